The minimum absolute atomic E-state index is 0.146. The van der Waals surface area contributed by atoms with Crippen molar-refractivity contribution in [1.29, 1.82) is 5.26 Å². The Morgan fingerprint density at radius 1 is 1.47 bits per heavy atom. The maximum absolute atomic E-state index is 13.5. The van der Waals surface area contributed by atoms with Gasteiger partial charge in [-0.25, -0.2) is 9.38 Å². The van der Waals surface area contributed by atoms with Crippen LogP contribution in [0.4, 0.5) is 4.39 Å². The van der Waals surface area contributed by atoms with Gasteiger partial charge in [-0.05, 0) is 31.0 Å². The molecule has 3 N–H and O–H groups in total. The smallest absolute Gasteiger partial charge is 0.189 e. The van der Waals surface area contributed by atoms with Gasteiger partial charge >= 0.3 is 0 Å². The summed E-state index contributed by atoms with van der Waals surface area (Å²) in [5, 5.41) is 11.9. The molecule has 2 rings (SSSR count). The van der Waals surface area contributed by atoms with Gasteiger partial charge in [-0.2, -0.15) is 5.26 Å². The van der Waals surface area contributed by atoms with E-state index >= 15 is 0 Å². The van der Waals surface area contributed by atoms with E-state index in [1.165, 1.54) is 31.0 Å². The molecule has 5 heteroatoms. The minimum atomic E-state index is -0.364. The molecule has 19 heavy (non-hydrogen) atoms. The zero-order valence-corrected chi connectivity index (χ0v) is 10.7. The molecule has 1 aliphatic carbocycles. The summed E-state index contributed by atoms with van der Waals surface area (Å²) in [5.41, 5.74) is 6.58. The fourth-order valence-corrected chi connectivity index (χ4v) is 2.26. The Morgan fingerprint density at radius 3 is 2.89 bits per heavy atom. The number of nitrogens with two attached hydrogens (primary N) is 1. The van der Waals surface area contributed by atoms with Crippen LogP contribution in [0.25, 0.3) is 0 Å². The van der Waals surface area contributed by atoms with E-state index in [1.807, 2.05) is 6.07 Å². The third-order valence-electron chi connectivity index (χ3n) is 3.30. The molecule has 4 nitrogen and oxygen atoms in total. The third-order valence-corrected chi connectivity index (χ3v) is 3.30. The monoisotopic (exact) mass is 260 g/mol. The number of nitrogens with zero attached hydrogens (tertiary/aromatic N) is 2. The topological polar surface area (TPSA) is 74.2 Å². The number of nitriles is 1. The van der Waals surface area contributed by atoms with Gasteiger partial charge in [0.25, 0.3) is 0 Å². The van der Waals surface area contributed by atoms with Gasteiger partial charge in [0, 0.05) is 11.6 Å². The molecule has 0 aliphatic heterocycles. The number of hydrogen-bond acceptors (Lipinski definition) is 2. The zero-order valence-electron chi connectivity index (χ0n) is 10.7. The Kier molecular flexibility index (Phi) is 4.35. The molecule has 0 atom stereocenters. The normalized spacial score (nSPS) is 16.3. The van der Waals surface area contributed by atoms with Crippen LogP contribution in [0.5, 0.6) is 0 Å². The van der Waals surface area contributed by atoms with Gasteiger partial charge in [-0.1, -0.05) is 12.8 Å². The maximum atomic E-state index is 13.5. The fraction of sp³-hybridized carbons (Fsp3) is 0.429. The summed E-state index contributed by atoms with van der Waals surface area (Å²) in [5.74, 6) is -0.0231. The molecule has 0 bridgehead atoms. The summed E-state index contributed by atoms with van der Waals surface area (Å²) < 4.78 is 13.5. The molecule has 1 saturated carbocycles. The Balaban J connectivity index is 1.98. The highest BCUT2D eigenvalue weighted by atomic mass is 19.1. The van der Waals surface area contributed by atoms with Crippen molar-refractivity contribution in [2.45, 2.75) is 38.3 Å². The first-order valence-corrected chi connectivity index (χ1v) is 6.44. The molecule has 1 aromatic rings. The van der Waals surface area contributed by atoms with Crippen LogP contribution in [0.1, 0.15) is 36.8 Å². The first kappa shape index (κ1) is 13.3. The van der Waals surface area contributed by atoms with Crippen LogP contribution >= 0.6 is 0 Å². The maximum Gasteiger partial charge on any atom is 0.189 e. The lowest BCUT2D eigenvalue weighted by molar-refractivity contribution is 0.607. The van der Waals surface area contributed by atoms with Crippen molar-refractivity contribution in [1.82, 2.24) is 5.32 Å². The van der Waals surface area contributed by atoms with E-state index < -0.39 is 0 Å². The van der Waals surface area contributed by atoms with Crippen molar-refractivity contribution < 1.29 is 4.39 Å². The van der Waals surface area contributed by atoms with Crippen molar-refractivity contribution in [2.24, 2.45) is 10.7 Å². The number of guanidine groups is 1. The lowest BCUT2D eigenvalue weighted by Crippen LogP contribution is -2.38. The Bertz CT molecular complexity index is 513. The predicted octanol–water partition coefficient (Wildman–Crippen LogP) is 2.04. The average Bonchev–Trinajstić information content (AvgIpc) is 2.90. The SMILES string of the molecule is N#Cc1ccc(F)c(CN=C(N)NC2CCCC2)c1. The van der Waals surface area contributed by atoms with Crippen molar-refractivity contribution in [3.8, 4) is 6.07 Å². The summed E-state index contributed by atoms with van der Waals surface area (Å²) >= 11 is 0. The summed E-state index contributed by atoms with van der Waals surface area (Å²) in [6, 6.07) is 6.60. The molecule has 0 aromatic heterocycles. The molecule has 0 spiro atoms. The highest BCUT2D eigenvalue weighted by Gasteiger charge is 2.14. The van der Waals surface area contributed by atoms with Crippen LogP contribution in [0.15, 0.2) is 23.2 Å². The third kappa shape index (κ3) is 3.68. The van der Waals surface area contributed by atoms with E-state index in [1.54, 1.807) is 0 Å². The summed E-state index contributed by atoms with van der Waals surface area (Å²) in [4.78, 5) is 4.13. The van der Waals surface area contributed by atoms with E-state index in [2.05, 4.69) is 10.3 Å². The summed E-state index contributed by atoms with van der Waals surface area (Å²) in [7, 11) is 0. The molecular formula is C14H17FN4. The van der Waals surface area contributed by atoms with Gasteiger partial charge in [-0.15, -0.1) is 0 Å². The van der Waals surface area contributed by atoms with Crippen LogP contribution in [-0.2, 0) is 6.54 Å². The van der Waals surface area contributed by atoms with Crippen molar-refractivity contribution >= 4 is 5.96 Å². The Morgan fingerprint density at radius 2 is 2.21 bits per heavy atom. The summed E-state index contributed by atoms with van der Waals surface area (Å²) in [6.45, 7) is 0.146. The second-order valence-electron chi connectivity index (χ2n) is 4.75. The van der Waals surface area contributed by atoms with E-state index in [4.69, 9.17) is 11.0 Å². The number of nitrogens with one attached hydrogen (secondary N) is 1. The second kappa shape index (κ2) is 6.19. The van der Waals surface area contributed by atoms with Gasteiger partial charge in [0.05, 0.1) is 18.2 Å². The predicted molar refractivity (Wildman–Crippen MR) is 71.8 cm³/mol. The quantitative estimate of drug-likeness (QED) is 0.645. The molecule has 1 fully saturated rings. The number of aliphatic imine (C=N–C) groups is 1. The standard InChI is InChI=1S/C14H17FN4/c15-13-6-5-10(8-16)7-11(13)9-18-14(17)19-12-3-1-2-4-12/h5-7,12H,1-4,9H2,(H3,17,18,19). The largest absolute Gasteiger partial charge is 0.370 e. The zero-order chi connectivity index (χ0) is 13.7. The molecule has 1 aliphatic rings. The first-order chi connectivity index (χ1) is 9.19. The Labute approximate surface area is 112 Å². The molecule has 1 aromatic carbocycles. The second-order valence-corrected chi connectivity index (χ2v) is 4.75. The highest BCUT2D eigenvalue weighted by Crippen LogP contribution is 2.17. The van der Waals surface area contributed by atoms with Crippen LogP contribution in [0, 0.1) is 17.1 Å². The fourth-order valence-electron chi connectivity index (χ4n) is 2.26. The van der Waals surface area contributed by atoms with Gasteiger partial charge in [0.1, 0.15) is 5.82 Å². The lowest BCUT2D eigenvalue weighted by Gasteiger charge is -2.12. The van der Waals surface area contributed by atoms with E-state index in [-0.39, 0.29) is 12.4 Å². The molecular weight excluding hydrogens is 243 g/mol. The lowest BCUT2D eigenvalue weighted by atomic mass is 10.1. The highest BCUT2D eigenvalue weighted by molar-refractivity contribution is 5.78. The van der Waals surface area contributed by atoms with Gasteiger partial charge in [0.2, 0.25) is 0 Å². The molecule has 0 saturated heterocycles. The van der Waals surface area contributed by atoms with Crippen molar-refractivity contribution in [3.05, 3.63) is 35.1 Å². The molecule has 0 heterocycles. The minimum Gasteiger partial charge on any atom is -0.370 e. The van der Waals surface area contributed by atoms with E-state index in [0.29, 0.717) is 23.1 Å². The number of benzene rings is 1. The van der Waals surface area contributed by atoms with Crippen molar-refractivity contribution in [2.75, 3.05) is 0 Å². The first-order valence-electron chi connectivity index (χ1n) is 6.44. The van der Waals surface area contributed by atoms with Gasteiger partial charge in [0.15, 0.2) is 5.96 Å². The molecule has 0 radical (unpaired) electrons. The Hall–Kier alpha value is -2.09. The van der Waals surface area contributed by atoms with Crippen LogP contribution in [0.3, 0.4) is 0 Å². The molecule has 0 amide bonds. The number of halogens is 1. The van der Waals surface area contributed by atoms with Crippen molar-refractivity contribution in [3.63, 3.8) is 0 Å². The average molecular weight is 260 g/mol. The number of hydrogen-bond donors (Lipinski definition) is 2. The molecule has 100 valence electrons. The molecule has 0 unspecified atom stereocenters. The van der Waals surface area contributed by atoms with Crippen LogP contribution in [0.2, 0.25) is 0 Å². The van der Waals surface area contributed by atoms with E-state index in [9.17, 15) is 4.39 Å². The summed E-state index contributed by atoms with van der Waals surface area (Å²) in [6.07, 6.45) is 4.64. The van der Waals surface area contributed by atoms with Crippen LogP contribution in [-0.4, -0.2) is 12.0 Å². The van der Waals surface area contributed by atoms with Gasteiger partial charge in [-0.3, -0.25) is 0 Å². The number of rotatable bonds is 3. The van der Waals surface area contributed by atoms with Gasteiger partial charge < -0.3 is 11.1 Å². The van der Waals surface area contributed by atoms with Crippen LogP contribution < -0.4 is 11.1 Å². The van der Waals surface area contributed by atoms with E-state index in [0.717, 1.165) is 12.8 Å².